The largest absolute Gasteiger partial charge is 0.455 e. The van der Waals surface area contributed by atoms with Crippen LogP contribution in [0.1, 0.15) is 25.8 Å². The van der Waals surface area contributed by atoms with Gasteiger partial charge in [0.05, 0.1) is 0 Å². The number of thioether (sulfide) groups is 2. The Kier molecular flexibility index (Phi) is 5.16. The summed E-state index contributed by atoms with van der Waals surface area (Å²) in [6.07, 6.45) is -1.05. The first-order valence-corrected chi connectivity index (χ1v) is 10.5. The summed E-state index contributed by atoms with van der Waals surface area (Å²) in [5.41, 5.74) is 0.419. The maximum Gasteiger partial charge on any atom is 0.355 e. The third-order valence-electron chi connectivity index (χ3n) is 3.49. The Morgan fingerprint density at radius 2 is 2.16 bits per heavy atom. The molecule has 10 heteroatoms. The standard InChI is InChI=1S/C15H19N3O4S3/c1-7-16-17-14(25-7)24-6-8-5-23-12-10(19)11(20)18(12)9(8)13(21)22-15(2,3)4/h10,12,19H,5-6H2,1-4H3/t10-,12+/m1/s1. The number of aliphatic hydroxyl groups excluding tert-OH is 1. The first-order valence-electron chi connectivity index (χ1n) is 7.68. The number of hydrogen-bond acceptors (Lipinski definition) is 9. The van der Waals surface area contributed by atoms with Crippen LogP contribution in [0.5, 0.6) is 0 Å². The Labute approximate surface area is 158 Å². The SMILES string of the molecule is Cc1nnc(SCC2=C(C(=O)OC(C)(C)C)N3C(=O)[C@@H](O)[C@@H]3SC2)s1. The monoisotopic (exact) mass is 401 g/mol. The zero-order chi connectivity index (χ0) is 18.4. The van der Waals surface area contributed by atoms with E-state index in [1.165, 1.54) is 39.8 Å². The summed E-state index contributed by atoms with van der Waals surface area (Å²) in [5.74, 6) is 0.0997. The molecule has 2 aliphatic heterocycles. The first-order chi connectivity index (χ1) is 11.7. The Bertz CT molecular complexity index is 741. The van der Waals surface area contributed by atoms with E-state index in [4.69, 9.17) is 4.74 Å². The molecule has 2 atom stereocenters. The molecule has 25 heavy (non-hydrogen) atoms. The van der Waals surface area contributed by atoms with Gasteiger partial charge in [-0.05, 0) is 33.3 Å². The number of fused-ring (bicyclic) bond motifs is 1. The molecule has 0 spiro atoms. The number of hydrogen-bond donors (Lipinski definition) is 1. The molecule has 1 saturated heterocycles. The molecule has 0 unspecified atom stereocenters. The van der Waals surface area contributed by atoms with Gasteiger partial charge < -0.3 is 9.84 Å². The number of rotatable bonds is 4. The van der Waals surface area contributed by atoms with Crippen LogP contribution in [0.2, 0.25) is 0 Å². The van der Waals surface area contributed by atoms with Crippen molar-refractivity contribution < 1.29 is 19.4 Å². The summed E-state index contributed by atoms with van der Waals surface area (Å²) < 4.78 is 6.30. The van der Waals surface area contributed by atoms with Crippen molar-refractivity contribution in [3.63, 3.8) is 0 Å². The van der Waals surface area contributed by atoms with Crippen LogP contribution in [-0.2, 0) is 14.3 Å². The van der Waals surface area contributed by atoms with E-state index in [2.05, 4.69) is 10.2 Å². The third-order valence-corrected chi connectivity index (χ3v) is 6.87. The zero-order valence-corrected chi connectivity index (χ0v) is 16.8. The number of β-lactam (4-membered cyclic amide) rings is 1. The van der Waals surface area contributed by atoms with E-state index in [9.17, 15) is 14.7 Å². The number of aromatic nitrogens is 2. The van der Waals surface area contributed by atoms with Crippen LogP contribution in [0.25, 0.3) is 0 Å². The van der Waals surface area contributed by atoms with Crippen LogP contribution in [0.4, 0.5) is 0 Å². The molecule has 2 aliphatic rings. The third kappa shape index (κ3) is 3.86. The fourth-order valence-electron chi connectivity index (χ4n) is 2.44. The summed E-state index contributed by atoms with van der Waals surface area (Å²) in [4.78, 5) is 26.1. The molecular formula is C15H19N3O4S3. The molecule has 0 radical (unpaired) electrons. The molecule has 1 N–H and O–H groups in total. The average Bonchev–Trinajstić information content (AvgIpc) is 2.95. The van der Waals surface area contributed by atoms with Gasteiger partial charge in [-0.15, -0.1) is 22.0 Å². The molecule has 1 aromatic heterocycles. The molecule has 7 nitrogen and oxygen atoms in total. The number of amides is 1. The maximum absolute atomic E-state index is 12.7. The molecular weight excluding hydrogens is 382 g/mol. The van der Waals surface area contributed by atoms with Gasteiger partial charge in [-0.2, -0.15) is 0 Å². The Balaban J connectivity index is 1.85. The van der Waals surface area contributed by atoms with Crippen LogP contribution in [-0.4, -0.2) is 60.7 Å². The molecule has 0 aromatic carbocycles. The van der Waals surface area contributed by atoms with Crippen LogP contribution >= 0.6 is 34.9 Å². The predicted octanol–water partition coefficient (Wildman–Crippen LogP) is 1.81. The lowest BCUT2D eigenvalue weighted by Gasteiger charge is -2.47. The fraction of sp³-hybridized carbons (Fsp3) is 0.600. The van der Waals surface area contributed by atoms with Gasteiger partial charge in [0.15, 0.2) is 10.4 Å². The maximum atomic E-state index is 12.7. The van der Waals surface area contributed by atoms with Gasteiger partial charge in [0.1, 0.15) is 21.7 Å². The van der Waals surface area contributed by atoms with Crippen molar-refractivity contribution >= 4 is 46.7 Å². The molecule has 1 amide bonds. The molecule has 0 saturated carbocycles. The van der Waals surface area contributed by atoms with Crippen molar-refractivity contribution in [1.82, 2.24) is 15.1 Å². The molecule has 3 heterocycles. The van der Waals surface area contributed by atoms with E-state index in [0.29, 0.717) is 11.5 Å². The van der Waals surface area contributed by atoms with E-state index in [1.54, 1.807) is 20.8 Å². The molecule has 0 aliphatic carbocycles. The molecule has 0 bridgehead atoms. The first kappa shape index (κ1) is 18.7. The van der Waals surface area contributed by atoms with Crippen molar-refractivity contribution in [3.05, 3.63) is 16.3 Å². The van der Waals surface area contributed by atoms with Crippen molar-refractivity contribution in [2.24, 2.45) is 0 Å². The Morgan fingerprint density at radius 3 is 2.76 bits per heavy atom. The number of aliphatic hydroxyl groups is 1. The number of carbonyl (C=O) groups excluding carboxylic acids is 2. The van der Waals surface area contributed by atoms with Crippen LogP contribution < -0.4 is 0 Å². The van der Waals surface area contributed by atoms with Crippen LogP contribution in [0.3, 0.4) is 0 Å². The van der Waals surface area contributed by atoms with Gasteiger partial charge in [0.2, 0.25) is 0 Å². The van der Waals surface area contributed by atoms with Crippen LogP contribution in [0.15, 0.2) is 15.6 Å². The van der Waals surface area contributed by atoms with Crippen molar-refractivity contribution in [2.45, 2.75) is 49.1 Å². The smallest absolute Gasteiger partial charge is 0.355 e. The van der Waals surface area contributed by atoms with E-state index in [-0.39, 0.29) is 5.70 Å². The zero-order valence-electron chi connectivity index (χ0n) is 14.3. The second kappa shape index (κ2) is 6.90. The highest BCUT2D eigenvalue weighted by atomic mass is 32.2. The fourth-order valence-corrected chi connectivity index (χ4v) is 5.66. The lowest BCUT2D eigenvalue weighted by Crippen LogP contribution is -2.65. The van der Waals surface area contributed by atoms with Crippen molar-refractivity contribution in [1.29, 1.82) is 0 Å². The minimum absolute atomic E-state index is 0.266. The van der Waals surface area contributed by atoms with Gasteiger partial charge in [-0.25, -0.2) is 4.79 Å². The second-order valence-corrected chi connectivity index (χ2v) is 10.2. The Morgan fingerprint density at radius 1 is 1.44 bits per heavy atom. The predicted molar refractivity (Wildman–Crippen MR) is 97.3 cm³/mol. The average molecular weight is 402 g/mol. The highest BCUT2D eigenvalue weighted by Crippen LogP contribution is 2.42. The topological polar surface area (TPSA) is 92.6 Å². The normalized spacial score (nSPS) is 23.4. The molecule has 136 valence electrons. The number of ether oxygens (including phenoxy) is 1. The lowest BCUT2D eigenvalue weighted by molar-refractivity contribution is -0.164. The molecule has 1 aromatic rings. The summed E-state index contributed by atoms with van der Waals surface area (Å²) in [7, 11) is 0. The Hall–Kier alpha value is -1.10. The quantitative estimate of drug-likeness (QED) is 0.464. The minimum Gasteiger partial charge on any atom is -0.455 e. The number of esters is 1. The summed E-state index contributed by atoms with van der Waals surface area (Å²) in [6, 6.07) is 0. The van der Waals surface area contributed by atoms with Crippen molar-refractivity contribution in [3.8, 4) is 0 Å². The van der Waals surface area contributed by atoms with E-state index in [1.807, 2.05) is 6.92 Å². The van der Waals surface area contributed by atoms with E-state index < -0.39 is 29.0 Å². The number of nitrogens with zero attached hydrogens (tertiary/aromatic N) is 3. The summed E-state index contributed by atoms with van der Waals surface area (Å²) in [6.45, 7) is 7.23. The lowest BCUT2D eigenvalue weighted by atomic mass is 10.1. The summed E-state index contributed by atoms with van der Waals surface area (Å²) >= 11 is 4.42. The molecule has 3 rings (SSSR count). The number of carbonyl (C=O) groups is 2. The highest BCUT2D eigenvalue weighted by Gasteiger charge is 2.53. The summed E-state index contributed by atoms with van der Waals surface area (Å²) in [5, 5.41) is 18.4. The number of aryl methyl sites for hydroxylation is 1. The van der Waals surface area contributed by atoms with E-state index in [0.717, 1.165) is 14.9 Å². The van der Waals surface area contributed by atoms with Gasteiger partial charge in [-0.1, -0.05) is 23.1 Å². The van der Waals surface area contributed by atoms with Gasteiger partial charge >= 0.3 is 5.97 Å². The van der Waals surface area contributed by atoms with Crippen molar-refractivity contribution in [2.75, 3.05) is 11.5 Å². The van der Waals surface area contributed by atoms with Gasteiger partial charge in [0, 0.05) is 11.5 Å². The minimum atomic E-state index is -1.05. The highest BCUT2D eigenvalue weighted by molar-refractivity contribution is 8.01. The van der Waals surface area contributed by atoms with Gasteiger partial charge in [-0.3, -0.25) is 9.69 Å². The molecule has 1 fully saturated rings. The van der Waals surface area contributed by atoms with Crippen LogP contribution in [0, 0.1) is 6.92 Å². The van der Waals surface area contributed by atoms with Gasteiger partial charge in [0.25, 0.3) is 5.91 Å². The van der Waals surface area contributed by atoms with E-state index >= 15 is 0 Å². The second-order valence-electron chi connectivity index (χ2n) is 6.68.